The van der Waals surface area contributed by atoms with Gasteiger partial charge in [-0.3, -0.25) is 10.1 Å². The highest BCUT2D eigenvalue weighted by atomic mass is 35.5. The van der Waals surface area contributed by atoms with Crippen molar-refractivity contribution < 1.29 is 9.31 Å². The van der Waals surface area contributed by atoms with Crippen LogP contribution in [0.25, 0.3) is 0 Å². The summed E-state index contributed by atoms with van der Waals surface area (Å²) in [6.07, 6.45) is 0. The van der Waals surface area contributed by atoms with Crippen LogP contribution in [0.5, 0.6) is 0 Å². The number of hydrogen-bond acceptors (Lipinski definition) is 4. The summed E-state index contributed by atoms with van der Waals surface area (Å²) in [4.78, 5) is 10.0. The van der Waals surface area contributed by atoms with Gasteiger partial charge >= 0.3 is 0 Å². The Morgan fingerprint density at radius 1 is 1.25 bits per heavy atom. The normalized spacial score (nSPS) is 9.85. The van der Waals surface area contributed by atoms with Crippen LogP contribution in [0.4, 0.5) is 21.5 Å². The topological polar surface area (TPSA) is 79.0 Å². The minimum absolute atomic E-state index is 0.0496. The van der Waals surface area contributed by atoms with E-state index in [0.29, 0.717) is 0 Å². The molecule has 0 aliphatic rings. The molecule has 0 amide bonds. The predicted molar refractivity (Wildman–Crippen MR) is 72.5 cm³/mol. The molecule has 0 fully saturated rings. The lowest BCUT2D eigenvalue weighted by molar-refractivity contribution is -0.384. The van der Waals surface area contributed by atoms with E-state index in [0.717, 1.165) is 12.1 Å². The van der Waals surface area contributed by atoms with E-state index in [4.69, 9.17) is 16.9 Å². The number of halogens is 2. The quantitative estimate of drug-likeness (QED) is 0.684. The lowest BCUT2D eigenvalue weighted by atomic mass is 10.1. The monoisotopic (exact) mass is 291 g/mol. The number of nitrogens with one attached hydrogen (secondary N) is 1. The maximum Gasteiger partial charge on any atom is 0.270 e. The molecular formula is C13H7ClFN3O2. The fourth-order valence-electron chi connectivity index (χ4n) is 1.58. The Morgan fingerprint density at radius 3 is 2.55 bits per heavy atom. The Morgan fingerprint density at radius 2 is 1.95 bits per heavy atom. The van der Waals surface area contributed by atoms with Gasteiger partial charge in [0.15, 0.2) is 0 Å². The molecule has 0 unspecified atom stereocenters. The molecule has 0 saturated heterocycles. The molecule has 2 aromatic rings. The van der Waals surface area contributed by atoms with Crippen LogP contribution in [0, 0.1) is 27.3 Å². The van der Waals surface area contributed by atoms with Gasteiger partial charge < -0.3 is 5.32 Å². The highest BCUT2D eigenvalue weighted by molar-refractivity contribution is 6.30. The SMILES string of the molecule is N#Cc1cc([N+](=O)[O-])ccc1Nc1ccc(Cl)cc1F. The molecule has 0 aromatic heterocycles. The van der Waals surface area contributed by atoms with Crippen molar-refractivity contribution in [2.45, 2.75) is 0 Å². The van der Waals surface area contributed by atoms with Crippen LogP contribution in [0.15, 0.2) is 36.4 Å². The maximum atomic E-state index is 13.6. The van der Waals surface area contributed by atoms with Gasteiger partial charge in [0.25, 0.3) is 5.69 Å². The fourth-order valence-corrected chi connectivity index (χ4v) is 1.74. The highest BCUT2D eigenvalue weighted by Gasteiger charge is 2.12. The molecule has 0 heterocycles. The Hall–Kier alpha value is -2.65. The molecule has 20 heavy (non-hydrogen) atoms. The molecule has 0 aliphatic carbocycles. The Kier molecular flexibility index (Phi) is 3.82. The van der Waals surface area contributed by atoms with E-state index in [1.165, 1.54) is 24.3 Å². The molecule has 100 valence electrons. The Labute approximate surface area is 118 Å². The first-order chi connectivity index (χ1) is 9.51. The number of hydrogen-bond donors (Lipinski definition) is 1. The zero-order valence-corrected chi connectivity index (χ0v) is 10.7. The van der Waals surface area contributed by atoms with Crippen LogP contribution in [0.3, 0.4) is 0 Å². The Balaban J connectivity index is 2.39. The number of nitrogens with zero attached hydrogens (tertiary/aromatic N) is 2. The number of nitriles is 1. The van der Waals surface area contributed by atoms with Crippen LogP contribution < -0.4 is 5.32 Å². The lowest BCUT2D eigenvalue weighted by Gasteiger charge is -2.09. The van der Waals surface area contributed by atoms with Crippen LogP contribution in [-0.4, -0.2) is 4.92 Å². The predicted octanol–water partition coefficient (Wildman–Crippen LogP) is 4.00. The average Bonchev–Trinajstić information content (AvgIpc) is 2.42. The number of nitro benzene ring substituents is 1. The van der Waals surface area contributed by atoms with E-state index in [2.05, 4.69) is 5.32 Å². The van der Waals surface area contributed by atoms with Crippen LogP contribution in [-0.2, 0) is 0 Å². The first kappa shape index (κ1) is 13.8. The van der Waals surface area contributed by atoms with Gasteiger partial charge in [-0.1, -0.05) is 11.6 Å². The summed E-state index contributed by atoms with van der Waals surface area (Å²) < 4.78 is 13.6. The van der Waals surface area contributed by atoms with E-state index in [1.807, 2.05) is 6.07 Å². The largest absolute Gasteiger partial charge is 0.352 e. The van der Waals surface area contributed by atoms with Crippen molar-refractivity contribution in [2.75, 3.05) is 5.32 Å². The number of rotatable bonds is 3. The van der Waals surface area contributed by atoms with E-state index in [9.17, 15) is 14.5 Å². The molecular weight excluding hydrogens is 285 g/mol. The van der Waals surface area contributed by atoms with E-state index < -0.39 is 10.7 Å². The summed E-state index contributed by atoms with van der Waals surface area (Å²) >= 11 is 5.64. The second-order valence-corrected chi connectivity index (χ2v) is 4.28. The minimum Gasteiger partial charge on any atom is -0.352 e. The molecule has 1 N–H and O–H groups in total. The third-order valence-electron chi connectivity index (χ3n) is 2.53. The summed E-state index contributed by atoms with van der Waals surface area (Å²) in [6, 6.07) is 9.57. The van der Waals surface area contributed by atoms with Gasteiger partial charge in [0.05, 0.1) is 21.9 Å². The third-order valence-corrected chi connectivity index (χ3v) is 2.77. The zero-order chi connectivity index (χ0) is 14.7. The van der Waals surface area contributed by atoms with Gasteiger partial charge in [-0.05, 0) is 24.3 Å². The minimum atomic E-state index is -0.604. The summed E-state index contributed by atoms with van der Waals surface area (Å²) in [6.45, 7) is 0. The van der Waals surface area contributed by atoms with Gasteiger partial charge in [0.1, 0.15) is 11.9 Å². The molecule has 2 aromatic carbocycles. The van der Waals surface area contributed by atoms with Gasteiger partial charge in [-0.2, -0.15) is 5.26 Å². The summed E-state index contributed by atoms with van der Waals surface area (Å²) in [5.41, 5.74) is 0.247. The number of anilines is 2. The number of benzene rings is 2. The van der Waals surface area contributed by atoms with E-state index in [-0.39, 0.29) is 27.6 Å². The lowest BCUT2D eigenvalue weighted by Crippen LogP contribution is -1.97. The van der Waals surface area contributed by atoms with Gasteiger partial charge in [-0.15, -0.1) is 0 Å². The molecule has 2 rings (SSSR count). The van der Waals surface area contributed by atoms with Crippen LogP contribution >= 0.6 is 11.6 Å². The van der Waals surface area contributed by atoms with Crippen molar-refractivity contribution in [1.82, 2.24) is 0 Å². The zero-order valence-electron chi connectivity index (χ0n) is 9.93. The van der Waals surface area contributed by atoms with Crippen molar-refractivity contribution >= 4 is 28.7 Å². The van der Waals surface area contributed by atoms with Gasteiger partial charge in [-0.25, -0.2) is 4.39 Å². The summed E-state index contributed by atoms with van der Waals surface area (Å²) in [7, 11) is 0. The molecule has 0 radical (unpaired) electrons. The first-order valence-corrected chi connectivity index (χ1v) is 5.79. The smallest absolute Gasteiger partial charge is 0.270 e. The van der Waals surface area contributed by atoms with Crippen molar-refractivity contribution in [2.24, 2.45) is 0 Å². The molecule has 0 atom stereocenters. The second-order valence-electron chi connectivity index (χ2n) is 3.85. The average molecular weight is 292 g/mol. The fraction of sp³-hybridized carbons (Fsp3) is 0. The van der Waals surface area contributed by atoms with Crippen LogP contribution in [0.2, 0.25) is 5.02 Å². The number of nitro groups is 1. The number of non-ortho nitro benzene ring substituents is 1. The summed E-state index contributed by atoms with van der Waals surface area (Å²) in [5.74, 6) is -0.584. The van der Waals surface area contributed by atoms with Crippen LogP contribution in [0.1, 0.15) is 5.56 Å². The van der Waals surface area contributed by atoms with Gasteiger partial charge in [0.2, 0.25) is 0 Å². The molecule has 0 spiro atoms. The summed E-state index contributed by atoms with van der Waals surface area (Å²) in [5, 5.41) is 22.6. The van der Waals surface area contributed by atoms with Crippen molar-refractivity contribution in [3.05, 3.63) is 62.9 Å². The van der Waals surface area contributed by atoms with Gasteiger partial charge in [0, 0.05) is 17.2 Å². The molecule has 0 bridgehead atoms. The highest BCUT2D eigenvalue weighted by Crippen LogP contribution is 2.27. The van der Waals surface area contributed by atoms with E-state index in [1.54, 1.807) is 0 Å². The standard InChI is InChI=1S/C13H7ClFN3O2/c14-9-1-3-13(11(15)6-9)17-12-4-2-10(18(19)20)5-8(12)7-16/h1-6,17H. The van der Waals surface area contributed by atoms with E-state index >= 15 is 0 Å². The van der Waals surface area contributed by atoms with Crippen molar-refractivity contribution in [3.8, 4) is 6.07 Å². The third kappa shape index (κ3) is 2.84. The molecule has 7 heteroatoms. The van der Waals surface area contributed by atoms with Crippen molar-refractivity contribution in [1.29, 1.82) is 5.26 Å². The Bertz CT molecular complexity index is 728. The van der Waals surface area contributed by atoms with Crippen molar-refractivity contribution in [3.63, 3.8) is 0 Å². The maximum absolute atomic E-state index is 13.6. The molecule has 5 nitrogen and oxygen atoms in total. The second kappa shape index (κ2) is 5.55. The molecule has 0 aliphatic heterocycles. The molecule has 0 saturated carbocycles. The first-order valence-electron chi connectivity index (χ1n) is 5.42.